The monoisotopic (exact) mass is 278 g/mol. The van der Waals surface area contributed by atoms with Crippen LogP contribution in [0.3, 0.4) is 0 Å². The molecule has 1 aliphatic heterocycles. The van der Waals surface area contributed by atoms with E-state index in [0.29, 0.717) is 6.04 Å². The first-order valence-electron chi connectivity index (χ1n) is 8.64. The standard InChI is InChI=1S/C17H30N2O/c1-18(2)17(20)19-12-14-9-6-10-15(14)16(19)11-13-7-4-3-5-8-13/h13-16H,3-12H2,1-2H3. The van der Waals surface area contributed by atoms with E-state index in [1.807, 2.05) is 14.1 Å². The van der Waals surface area contributed by atoms with E-state index >= 15 is 0 Å². The first-order valence-corrected chi connectivity index (χ1v) is 8.64. The smallest absolute Gasteiger partial charge is 0.319 e. The van der Waals surface area contributed by atoms with E-state index in [0.717, 1.165) is 24.3 Å². The molecule has 3 fully saturated rings. The topological polar surface area (TPSA) is 23.6 Å². The van der Waals surface area contributed by atoms with Gasteiger partial charge in [-0.05, 0) is 37.0 Å². The lowest BCUT2D eigenvalue weighted by molar-refractivity contribution is 0.143. The maximum absolute atomic E-state index is 12.5. The Bertz CT molecular complexity index is 349. The molecule has 3 heteroatoms. The first-order chi connectivity index (χ1) is 9.66. The number of hydrogen-bond acceptors (Lipinski definition) is 1. The van der Waals surface area contributed by atoms with Crippen molar-refractivity contribution >= 4 is 6.03 Å². The number of likely N-dealkylation sites (tertiary alicyclic amines) is 1. The van der Waals surface area contributed by atoms with Crippen LogP contribution in [0, 0.1) is 17.8 Å². The van der Waals surface area contributed by atoms with E-state index in [4.69, 9.17) is 0 Å². The minimum Gasteiger partial charge on any atom is -0.331 e. The predicted octanol–water partition coefficient (Wildman–Crippen LogP) is 3.74. The fourth-order valence-electron chi connectivity index (χ4n) is 4.96. The summed E-state index contributed by atoms with van der Waals surface area (Å²) >= 11 is 0. The van der Waals surface area contributed by atoms with Crippen molar-refractivity contribution in [1.29, 1.82) is 0 Å². The fourth-order valence-corrected chi connectivity index (χ4v) is 4.96. The fraction of sp³-hybridized carbons (Fsp3) is 0.941. The van der Waals surface area contributed by atoms with Crippen LogP contribution < -0.4 is 0 Å². The molecule has 0 aromatic heterocycles. The average molecular weight is 278 g/mol. The molecule has 1 heterocycles. The second-order valence-electron chi connectivity index (χ2n) is 7.49. The van der Waals surface area contributed by atoms with Crippen molar-refractivity contribution in [3.63, 3.8) is 0 Å². The normalized spacial score (nSPS) is 34.3. The SMILES string of the molecule is CN(C)C(=O)N1CC2CCCC2C1CC1CCCCC1. The number of rotatable bonds is 2. The van der Waals surface area contributed by atoms with Gasteiger partial charge in [0.05, 0.1) is 0 Å². The largest absolute Gasteiger partial charge is 0.331 e. The molecule has 1 saturated heterocycles. The highest BCUT2D eigenvalue weighted by Gasteiger charge is 2.46. The van der Waals surface area contributed by atoms with Crippen molar-refractivity contribution in [2.24, 2.45) is 17.8 Å². The van der Waals surface area contributed by atoms with Crippen LogP contribution in [0.25, 0.3) is 0 Å². The van der Waals surface area contributed by atoms with E-state index in [2.05, 4.69) is 4.90 Å². The van der Waals surface area contributed by atoms with Gasteiger partial charge >= 0.3 is 6.03 Å². The highest BCUT2D eigenvalue weighted by Crippen LogP contribution is 2.45. The summed E-state index contributed by atoms with van der Waals surface area (Å²) < 4.78 is 0. The van der Waals surface area contributed by atoms with Gasteiger partial charge in [0.2, 0.25) is 0 Å². The lowest BCUT2D eigenvalue weighted by atomic mass is 9.81. The van der Waals surface area contributed by atoms with Crippen LogP contribution in [0.4, 0.5) is 4.79 Å². The third-order valence-electron chi connectivity index (χ3n) is 5.97. The summed E-state index contributed by atoms with van der Waals surface area (Å²) in [5, 5.41) is 0. The maximum atomic E-state index is 12.5. The Balaban J connectivity index is 1.70. The molecule has 2 saturated carbocycles. The summed E-state index contributed by atoms with van der Waals surface area (Å²) in [6.07, 6.45) is 12.4. The van der Waals surface area contributed by atoms with Crippen molar-refractivity contribution in [2.75, 3.05) is 20.6 Å². The summed E-state index contributed by atoms with van der Waals surface area (Å²) in [5.74, 6) is 2.49. The van der Waals surface area contributed by atoms with E-state index in [1.54, 1.807) is 4.90 Å². The molecular formula is C17H30N2O. The van der Waals surface area contributed by atoms with E-state index in [1.165, 1.54) is 57.8 Å². The van der Waals surface area contributed by atoms with E-state index in [-0.39, 0.29) is 6.03 Å². The Labute approximate surface area is 123 Å². The molecule has 3 aliphatic rings. The van der Waals surface area contributed by atoms with Gasteiger partial charge < -0.3 is 9.80 Å². The number of urea groups is 1. The number of fused-ring (bicyclic) bond motifs is 1. The first kappa shape index (κ1) is 14.2. The van der Waals surface area contributed by atoms with Gasteiger partial charge in [0.15, 0.2) is 0 Å². The molecule has 114 valence electrons. The second kappa shape index (κ2) is 5.95. The van der Waals surface area contributed by atoms with Gasteiger partial charge in [0.1, 0.15) is 0 Å². The van der Waals surface area contributed by atoms with Crippen molar-refractivity contribution in [2.45, 2.75) is 63.8 Å². The van der Waals surface area contributed by atoms with E-state index < -0.39 is 0 Å². The molecule has 20 heavy (non-hydrogen) atoms. The molecule has 0 N–H and O–H groups in total. The molecule has 0 aromatic rings. The van der Waals surface area contributed by atoms with Gasteiger partial charge in [-0.1, -0.05) is 38.5 Å². The highest BCUT2D eigenvalue weighted by atomic mass is 16.2. The summed E-state index contributed by atoms with van der Waals surface area (Å²) in [5.41, 5.74) is 0. The van der Waals surface area contributed by atoms with Crippen LogP contribution in [-0.4, -0.2) is 42.5 Å². The van der Waals surface area contributed by atoms with Gasteiger partial charge in [0.25, 0.3) is 0 Å². The molecule has 2 aliphatic carbocycles. The Morgan fingerprint density at radius 1 is 1.05 bits per heavy atom. The van der Waals surface area contributed by atoms with Crippen molar-refractivity contribution in [3.05, 3.63) is 0 Å². The third kappa shape index (κ3) is 2.68. The van der Waals surface area contributed by atoms with Crippen LogP contribution in [-0.2, 0) is 0 Å². The van der Waals surface area contributed by atoms with Crippen molar-refractivity contribution < 1.29 is 4.79 Å². The summed E-state index contributed by atoms with van der Waals surface area (Å²) in [6.45, 7) is 1.03. The Hall–Kier alpha value is -0.730. The Kier molecular flexibility index (Phi) is 4.23. The van der Waals surface area contributed by atoms with Crippen molar-refractivity contribution in [1.82, 2.24) is 9.80 Å². The maximum Gasteiger partial charge on any atom is 0.319 e. The molecule has 2 amide bonds. The van der Waals surface area contributed by atoms with Crippen molar-refractivity contribution in [3.8, 4) is 0 Å². The molecule has 3 rings (SSSR count). The molecule has 3 unspecified atom stereocenters. The second-order valence-corrected chi connectivity index (χ2v) is 7.49. The van der Waals surface area contributed by atoms with Gasteiger partial charge in [-0.25, -0.2) is 4.79 Å². The van der Waals surface area contributed by atoms with Gasteiger partial charge in [-0.15, -0.1) is 0 Å². The van der Waals surface area contributed by atoms with Crippen LogP contribution in [0.2, 0.25) is 0 Å². The molecule has 0 spiro atoms. The van der Waals surface area contributed by atoms with Crippen LogP contribution >= 0.6 is 0 Å². The third-order valence-corrected chi connectivity index (χ3v) is 5.97. The van der Waals surface area contributed by atoms with Crippen LogP contribution in [0.15, 0.2) is 0 Å². The number of carbonyl (C=O) groups is 1. The molecule has 0 radical (unpaired) electrons. The number of nitrogens with zero attached hydrogens (tertiary/aromatic N) is 2. The summed E-state index contributed by atoms with van der Waals surface area (Å²) in [4.78, 5) is 16.5. The van der Waals surface area contributed by atoms with Gasteiger partial charge in [0, 0.05) is 26.7 Å². The molecule has 0 bridgehead atoms. The van der Waals surface area contributed by atoms with E-state index in [9.17, 15) is 4.79 Å². The zero-order valence-electron chi connectivity index (χ0n) is 13.2. The number of hydrogen-bond donors (Lipinski definition) is 0. The predicted molar refractivity (Wildman–Crippen MR) is 81.6 cm³/mol. The van der Waals surface area contributed by atoms with Gasteiger partial charge in [-0.3, -0.25) is 0 Å². The number of amides is 2. The minimum absolute atomic E-state index is 0.250. The van der Waals surface area contributed by atoms with Gasteiger partial charge in [-0.2, -0.15) is 0 Å². The highest BCUT2D eigenvalue weighted by molar-refractivity contribution is 5.74. The van der Waals surface area contributed by atoms with Crippen LogP contribution in [0.1, 0.15) is 57.8 Å². The lowest BCUT2D eigenvalue weighted by Crippen LogP contribution is -2.44. The average Bonchev–Trinajstić information content (AvgIpc) is 3.02. The minimum atomic E-state index is 0.250. The Morgan fingerprint density at radius 3 is 2.50 bits per heavy atom. The summed E-state index contributed by atoms with van der Waals surface area (Å²) in [7, 11) is 3.79. The molecule has 0 aromatic carbocycles. The number of carbonyl (C=O) groups excluding carboxylic acids is 1. The molecule has 3 nitrogen and oxygen atoms in total. The zero-order valence-corrected chi connectivity index (χ0v) is 13.2. The molecule has 3 atom stereocenters. The molecular weight excluding hydrogens is 248 g/mol. The lowest BCUT2D eigenvalue weighted by Gasteiger charge is -2.34. The Morgan fingerprint density at radius 2 is 1.80 bits per heavy atom. The zero-order chi connectivity index (χ0) is 14.1. The summed E-state index contributed by atoms with van der Waals surface area (Å²) in [6, 6.07) is 0.792. The van der Waals surface area contributed by atoms with Crippen LogP contribution in [0.5, 0.6) is 0 Å². The quantitative estimate of drug-likeness (QED) is 0.755.